The number of nitrogens with zero attached hydrogens (tertiary/aromatic N) is 2. The van der Waals surface area contributed by atoms with E-state index in [1.165, 1.54) is 17.1 Å². The van der Waals surface area contributed by atoms with E-state index in [1.54, 1.807) is 6.20 Å². The van der Waals surface area contributed by atoms with Crippen molar-refractivity contribution in [2.45, 2.75) is 18.9 Å². The fourth-order valence-electron chi connectivity index (χ4n) is 1.02. The minimum absolute atomic E-state index is 0.0517. The van der Waals surface area contributed by atoms with Crippen molar-refractivity contribution in [1.82, 2.24) is 15.1 Å². The molecule has 16 heavy (non-hydrogen) atoms. The van der Waals surface area contributed by atoms with Crippen molar-refractivity contribution in [3.05, 3.63) is 24.5 Å². The van der Waals surface area contributed by atoms with E-state index in [1.807, 2.05) is 0 Å². The van der Waals surface area contributed by atoms with E-state index < -0.39 is 18.9 Å². The molecule has 0 radical (unpaired) electrons. The van der Waals surface area contributed by atoms with Crippen LogP contribution in [-0.2, 0) is 6.54 Å². The molecular weight excluding hydrogens is 226 g/mol. The quantitative estimate of drug-likeness (QED) is 0.766. The fraction of sp³-hybridized carbons (Fsp3) is 0.444. The van der Waals surface area contributed by atoms with E-state index in [-0.39, 0.29) is 6.54 Å². The summed E-state index contributed by atoms with van der Waals surface area (Å²) in [6.07, 6.45) is 0.767. The van der Waals surface area contributed by atoms with E-state index >= 15 is 0 Å². The summed E-state index contributed by atoms with van der Waals surface area (Å²) in [7, 11) is 0. The highest BCUT2D eigenvalue weighted by atomic mass is 19.3. The molecule has 0 spiro atoms. The lowest BCUT2D eigenvalue weighted by atomic mass is 10.3. The number of alkyl halides is 4. The Kier molecular flexibility index (Phi) is 4.05. The molecule has 1 aromatic rings. The van der Waals surface area contributed by atoms with Crippen molar-refractivity contribution in [3.63, 3.8) is 0 Å². The Hall–Kier alpha value is -1.37. The van der Waals surface area contributed by atoms with Crippen LogP contribution in [0.15, 0.2) is 19.0 Å². The Morgan fingerprint density at radius 3 is 2.75 bits per heavy atom. The van der Waals surface area contributed by atoms with E-state index in [4.69, 9.17) is 0 Å². The first kappa shape index (κ1) is 12.7. The maximum Gasteiger partial charge on any atom is 0.319 e. The highest BCUT2D eigenvalue weighted by molar-refractivity contribution is 5.17. The van der Waals surface area contributed by atoms with Gasteiger partial charge in [0, 0.05) is 24.5 Å². The first-order chi connectivity index (χ1) is 7.45. The highest BCUT2D eigenvalue weighted by Gasteiger charge is 2.39. The van der Waals surface area contributed by atoms with Crippen LogP contribution in [0, 0.1) is 0 Å². The summed E-state index contributed by atoms with van der Waals surface area (Å²) in [5, 5.41) is 6.05. The predicted octanol–water partition coefficient (Wildman–Crippen LogP) is 1.97. The molecule has 90 valence electrons. The van der Waals surface area contributed by atoms with E-state index in [0.29, 0.717) is 5.56 Å². The molecule has 0 aliphatic heterocycles. The van der Waals surface area contributed by atoms with Gasteiger partial charge in [-0.2, -0.15) is 13.9 Å². The van der Waals surface area contributed by atoms with Gasteiger partial charge in [0.15, 0.2) is 0 Å². The van der Waals surface area contributed by atoms with Crippen LogP contribution >= 0.6 is 0 Å². The van der Waals surface area contributed by atoms with Crippen molar-refractivity contribution >= 4 is 6.20 Å². The summed E-state index contributed by atoms with van der Waals surface area (Å²) < 4.78 is 49.9. The van der Waals surface area contributed by atoms with Gasteiger partial charge in [0.05, 0.1) is 12.7 Å². The first-order valence-corrected chi connectivity index (χ1v) is 4.48. The summed E-state index contributed by atoms with van der Waals surface area (Å²) >= 11 is 0. The van der Waals surface area contributed by atoms with Crippen LogP contribution in [0.5, 0.6) is 0 Å². The molecule has 0 amide bonds. The van der Waals surface area contributed by atoms with Crippen LogP contribution in [0.25, 0.3) is 6.20 Å². The summed E-state index contributed by atoms with van der Waals surface area (Å²) in [6, 6.07) is 0. The molecule has 0 aromatic carbocycles. The molecule has 1 heterocycles. The zero-order valence-corrected chi connectivity index (χ0v) is 8.34. The van der Waals surface area contributed by atoms with E-state index in [0.717, 1.165) is 0 Å². The molecule has 0 fully saturated rings. The zero-order chi connectivity index (χ0) is 12.2. The number of rotatable bonds is 6. The van der Waals surface area contributed by atoms with Crippen LogP contribution in [-0.4, -0.2) is 28.7 Å². The van der Waals surface area contributed by atoms with Crippen molar-refractivity contribution in [2.75, 3.05) is 6.54 Å². The Balaban J connectivity index is 2.38. The van der Waals surface area contributed by atoms with Crippen LogP contribution in [0.1, 0.15) is 5.56 Å². The molecule has 0 aliphatic rings. The second-order valence-corrected chi connectivity index (χ2v) is 3.18. The van der Waals surface area contributed by atoms with Crippen LogP contribution in [0.2, 0.25) is 0 Å². The second kappa shape index (κ2) is 5.11. The van der Waals surface area contributed by atoms with Gasteiger partial charge in [-0.1, -0.05) is 6.58 Å². The van der Waals surface area contributed by atoms with E-state index in [9.17, 15) is 17.6 Å². The Labute approximate surface area is 89.8 Å². The van der Waals surface area contributed by atoms with Gasteiger partial charge in [-0.15, -0.1) is 0 Å². The van der Waals surface area contributed by atoms with Gasteiger partial charge in [0.1, 0.15) is 0 Å². The summed E-state index contributed by atoms with van der Waals surface area (Å²) in [5.74, 6) is -4.01. The topological polar surface area (TPSA) is 29.9 Å². The first-order valence-electron chi connectivity index (χ1n) is 4.48. The number of aromatic nitrogens is 2. The summed E-state index contributed by atoms with van der Waals surface area (Å²) in [5.41, 5.74) is 0.616. The molecule has 1 aromatic heterocycles. The Morgan fingerprint density at radius 1 is 1.56 bits per heavy atom. The Bertz CT molecular complexity index is 348. The average Bonchev–Trinajstić information content (AvgIpc) is 2.65. The molecule has 0 saturated carbocycles. The number of halogens is 4. The molecule has 0 saturated heterocycles. The average molecular weight is 237 g/mol. The van der Waals surface area contributed by atoms with E-state index in [2.05, 4.69) is 17.0 Å². The third-order valence-electron chi connectivity index (χ3n) is 1.85. The van der Waals surface area contributed by atoms with Crippen LogP contribution in [0.4, 0.5) is 17.6 Å². The predicted molar refractivity (Wildman–Crippen MR) is 51.3 cm³/mol. The largest absolute Gasteiger partial charge is 0.319 e. The van der Waals surface area contributed by atoms with Gasteiger partial charge >= 0.3 is 12.3 Å². The number of hydrogen-bond acceptors (Lipinski definition) is 2. The monoisotopic (exact) mass is 237 g/mol. The lowest BCUT2D eigenvalue weighted by molar-refractivity contribution is -0.125. The van der Waals surface area contributed by atoms with Gasteiger partial charge in [-0.25, -0.2) is 13.5 Å². The maximum atomic E-state index is 12.5. The van der Waals surface area contributed by atoms with Gasteiger partial charge < -0.3 is 5.32 Å². The van der Waals surface area contributed by atoms with Gasteiger partial charge in [-0.05, 0) is 0 Å². The van der Waals surface area contributed by atoms with Crippen molar-refractivity contribution in [2.24, 2.45) is 0 Å². The van der Waals surface area contributed by atoms with Gasteiger partial charge in [0.2, 0.25) is 0 Å². The lowest BCUT2D eigenvalue weighted by Gasteiger charge is -2.15. The van der Waals surface area contributed by atoms with Crippen LogP contribution in [0.3, 0.4) is 0 Å². The third-order valence-corrected chi connectivity index (χ3v) is 1.85. The second-order valence-electron chi connectivity index (χ2n) is 3.18. The minimum atomic E-state index is -4.01. The summed E-state index contributed by atoms with van der Waals surface area (Å²) in [4.78, 5) is 0. The standard InChI is InChI=1S/C9H11F4N3/c1-2-16-5-7(4-15-16)3-14-6-9(12,13)8(10)11/h2,4-5,8,14H,1,3,6H2. The van der Waals surface area contributed by atoms with Gasteiger partial charge in [-0.3, -0.25) is 0 Å². The minimum Gasteiger partial charge on any atom is -0.307 e. The van der Waals surface area contributed by atoms with Crippen molar-refractivity contribution in [3.8, 4) is 0 Å². The van der Waals surface area contributed by atoms with Crippen molar-refractivity contribution < 1.29 is 17.6 Å². The lowest BCUT2D eigenvalue weighted by Crippen LogP contribution is -2.38. The SMILES string of the molecule is C=Cn1cc(CNCC(F)(F)C(F)F)cn1. The van der Waals surface area contributed by atoms with Gasteiger partial charge in [0.25, 0.3) is 0 Å². The molecule has 1 N–H and O–H groups in total. The highest BCUT2D eigenvalue weighted by Crippen LogP contribution is 2.21. The maximum absolute atomic E-state index is 12.5. The number of hydrogen-bond donors (Lipinski definition) is 1. The zero-order valence-electron chi connectivity index (χ0n) is 8.34. The molecule has 0 atom stereocenters. The fourth-order valence-corrected chi connectivity index (χ4v) is 1.02. The third kappa shape index (κ3) is 3.34. The molecule has 3 nitrogen and oxygen atoms in total. The molecule has 0 aliphatic carbocycles. The molecule has 7 heteroatoms. The normalized spacial score (nSPS) is 12.1. The molecular formula is C9H11F4N3. The summed E-state index contributed by atoms with van der Waals surface area (Å²) in [6.45, 7) is 2.43. The number of nitrogens with one attached hydrogen (secondary N) is 1. The Morgan fingerprint density at radius 2 is 2.25 bits per heavy atom. The van der Waals surface area contributed by atoms with Crippen LogP contribution < -0.4 is 5.32 Å². The van der Waals surface area contributed by atoms with Crippen molar-refractivity contribution in [1.29, 1.82) is 0 Å². The smallest absolute Gasteiger partial charge is 0.307 e. The molecule has 1 rings (SSSR count). The molecule has 0 unspecified atom stereocenters. The molecule has 0 bridgehead atoms.